The van der Waals surface area contributed by atoms with E-state index in [4.69, 9.17) is 5.26 Å². The van der Waals surface area contributed by atoms with Crippen molar-refractivity contribution in [1.82, 2.24) is 4.98 Å². The molecule has 0 radical (unpaired) electrons. The van der Waals surface area contributed by atoms with Gasteiger partial charge in [-0.2, -0.15) is 18.4 Å². The molecule has 0 aliphatic heterocycles. The van der Waals surface area contributed by atoms with Gasteiger partial charge in [0.15, 0.2) is 5.69 Å². The summed E-state index contributed by atoms with van der Waals surface area (Å²) in [5.41, 5.74) is -5.04. The van der Waals surface area contributed by atoms with Crippen LogP contribution >= 0.6 is 0 Å². The number of aromatic nitrogens is 1. The van der Waals surface area contributed by atoms with Crippen LogP contribution in [0.3, 0.4) is 0 Å². The van der Waals surface area contributed by atoms with Crippen LogP contribution in [0.25, 0.3) is 0 Å². The Hall–Kier alpha value is -2.24. The summed E-state index contributed by atoms with van der Waals surface area (Å²) in [7, 11) is 0.964. The number of methoxy groups -OCH3 is 1. The summed E-state index contributed by atoms with van der Waals surface area (Å²) >= 11 is 0. The van der Waals surface area contributed by atoms with Gasteiger partial charge in [0.2, 0.25) is 0 Å². The second kappa shape index (κ2) is 5.81. The number of alkyl halides is 5. The number of hydrogen-bond donors (Lipinski definition) is 0. The fourth-order valence-corrected chi connectivity index (χ4v) is 1.55. The van der Waals surface area contributed by atoms with Crippen LogP contribution in [0, 0.1) is 11.3 Å². The Morgan fingerprint density at radius 2 is 2.10 bits per heavy atom. The molecular weight excluding hydrogens is 287 g/mol. The van der Waals surface area contributed by atoms with Gasteiger partial charge in [0.1, 0.15) is 11.6 Å². The minimum atomic E-state index is -5.18. The molecular formula is C11H7F5N2O2. The third-order valence-corrected chi connectivity index (χ3v) is 2.37. The maximum Gasteiger partial charge on any atom is 0.419 e. The highest BCUT2D eigenvalue weighted by Crippen LogP contribution is 2.39. The van der Waals surface area contributed by atoms with Gasteiger partial charge < -0.3 is 4.74 Å². The summed E-state index contributed by atoms with van der Waals surface area (Å²) in [6.07, 6.45) is -8.85. The van der Waals surface area contributed by atoms with Gasteiger partial charge in [-0.1, -0.05) is 0 Å². The minimum Gasteiger partial charge on any atom is -0.469 e. The molecule has 0 N–H and O–H groups in total. The Balaban J connectivity index is 3.57. The van der Waals surface area contributed by atoms with Crippen molar-refractivity contribution in [2.45, 2.75) is 19.0 Å². The van der Waals surface area contributed by atoms with Crippen molar-refractivity contribution in [2.75, 3.05) is 7.11 Å². The van der Waals surface area contributed by atoms with Crippen molar-refractivity contribution in [1.29, 1.82) is 5.26 Å². The van der Waals surface area contributed by atoms with E-state index in [1.54, 1.807) is 0 Å². The standard InChI is InChI=1S/C11H7F5N2O2/c1-20-7(19)2-5-4-18-6(3-17)9(11(14,15)16)8(5)10(12)13/h4,10H,2H2,1H3. The van der Waals surface area contributed by atoms with Crippen LogP contribution in [0.15, 0.2) is 6.20 Å². The normalized spacial score (nSPS) is 11.3. The van der Waals surface area contributed by atoms with Crippen molar-refractivity contribution >= 4 is 5.97 Å². The number of rotatable bonds is 3. The summed E-state index contributed by atoms with van der Waals surface area (Å²) in [5.74, 6) is -0.994. The molecule has 108 valence electrons. The van der Waals surface area contributed by atoms with Crippen molar-refractivity contribution in [2.24, 2.45) is 0 Å². The molecule has 9 heteroatoms. The quantitative estimate of drug-likeness (QED) is 0.635. The lowest BCUT2D eigenvalue weighted by Crippen LogP contribution is -2.17. The molecule has 0 saturated heterocycles. The lowest BCUT2D eigenvalue weighted by Gasteiger charge is -2.16. The molecule has 0 aliphatic rings. The number of halogens is 5. The minimum absolute atomic E-state index is 0.627. The lowest BCUT2D eigenvalue weighted by molar-refractivity contribution is -0.142. The topological polar surface area (TPSA) is 63.0 Å². The molecule has 1 heterocycles. The van der Waals surface area contributed by atoms with E-state index in [0.717, 1.165) is 13.2 Å². The summed E-state index contributed by atoms with van der Waals surface area (Å²) in [6.45, 7) is 0. The fourth-order valence-electron chi connectivity index (χ4n) is 1.55. The number of carbonyl (C=O) groups excluding carboxylic acids is 1. The molecule has 1 rings (SSSR count). The van der Waals surface area contributed by atoms with Crippen LogP contribution in [0.4, 0.5) is 22.0 Å². The Morgan fingerprint density at radius 3 is 2.50 bits per heavy atom. The molecule has 0 aliphatic carbocycles. The number of nitriles is 1. The average molecular weight is 294 g/mol. The zero-order valence-electron chi connectivity index (χ0n) is 9.96. The highest BCUT2D eigenvalue weighted by molar-refractivity contribution is 5.73. The molecule has 1 aromatic heterocycles. The van der Waals surface area contributed by atoms with Crippen LogP contribution in [-0.2, 0) is 22.1 Å². The summed E-state index contributed by atoms with van der Waals surface area (Å²) < 4.78 is 68.5. The first-order valence-electron chi connectivity index (χ1n) is 5.06. The van der Waals surface area contributed by atoms with Crippen molar-refractivity contribution in [3.05, 3.63) is 28.6 Å². The van der Waals surface area contributed by atoms with Gasteiger partial charge in [0, 0.05) is 11.8 Å². The molecule has 0 fully saturated rings. The van der Waals surface area contributed by atoms with E-state index in [2.05, 4.69) is 9.72 Å². The fraction of sp³-hybridized carbons (Fsp3) is 0.364. The van der Waals surface area contributed by atoms with E-state index in [9.17, 15) is 26.7 Å². The molecule has 0 spiro atoms. The number of nitrogens with zero attached hydrogens (tertiary/aromatic N) is 2. The van der Waals surface area contributed by atoms with Crippen molar-refractivity contribution in [3.8, 4) is 6.07 Å². The number of pyridine rings is 1. The molecule has 0 unspecified atom stereocenters. The Labute approximate surface area is 109 Å². The van der Waals surface area contributed by atoms with Crippen LogP contribution in [0.1, 0.15) is 28.8 Å². The third-order valence-electron chi connectivity index (χ3n) is 2.37. The maximum atomic E-state index is 12.9. The Bertz CT molecular complexity index is 563. The SMILES string of the molecule is COC(=O)Cc1cnc(C#N)c(C(F)(F)F)c1C(F)F. The van der Waals surface area contributed by atoms with E-state index >= 15 is 0 Å². The predicted molar refractivity (Wildman–Crippen MR) is 54.6 cm³/mol. The summed E-state index contributed by atoms with van der Waals surface area (Å²) in [6, 6.07) is 1.11. The number of ether oxygens (including phenoxy) is 1. The maximum absolute atomic E-state index is 12.9. The van der Waals surface area contributed by atoms with Gasteiger partial charge in [0.25, 0.3) is 6.43 Å². The van der Waals surface area contributed by atoms with E-state index < -0.39 is 47.4 Å². The number of esters is 1. The monoisotopic (exact) mass is 294 g/mol. The van der Waals surface area contributed by atoms with Crippen LogP contribution in [0.5, 0.6) is 0 Å². The lowest BCUT2D eigenvalue weighted by atomic mass is 9.99. The van der Waals surface area contributed by atoms with Crippen LogP contribution in [0.2, 0.25) is 0 Å². The summed E-state index contributed by atoms with van der Waals surface area (Å²) in [5, 5.41) is 8.56. The van der Waals surface area contributed by atoms with E-state index in [1.807, 2.05) is 0 Å². The molecule has 4 nitrogen and oxygen atoms in total. The van der Waals surface area contributed by atoms with Gasteiger partial charge in [-0.3, -0.25) is 4.79 Å². The van der Waals surface area contributed by atoms with Crippen LogP contribution in [-0.4, -0.2) is 18.1 Å². The largest absolute Gasteiger partial charge is 0.469 e. The summed E-state index contributed by atoms with van der Waals surface area (Å²) in [4.78, 5) is 14.2. The Morgan fingerprint density at radius 1 is 1.50 bits per heavy atom. The predicted octanol–water partition coefficient (Wildman–Crippen LogP) is 2.63. The zero-order chi connectivity index (χ0) is 15.5. The molecule has 0 bridgehead atoms. The number of carbonyl (C=O) groups is 1. The van der Waals surface area contributed by atoms with Crippen molar-refractivity contribution < 1.29 is 31.5 Å². The first kappa shape index (κ1) is 15.8. The van der Waals surface area contributed by atoms with Gasteiger partial charge in [-0.25, -0.2) is 13.8 Å². The van der Waals surface area contributed by atoms with E-state index in [1.165, 1.54) is 0 Å². The highest BCUT2D eigenvalue weighted by Gasteiger charge is 2.41. The van der Waals surface area contributed by atoms with Gasteiger partial charge >= 0.3 is 12.1 Å². The van der Waals surface area contributed by atoms with Gasteiger partial charge in [-0.05, 0) is 5.56 Å². The number of hydrogen-bond acceptors (Lipinski definition) is 4. The smallest absolute Gasteiger partial charge is 0.419 e. The average Bonchev–Trinajstić information content (AvgIpc) is 2.36. The first-order valence-corrected chi connectivity index (χ1v) is 5.06. The van der Waals surface area contributed by atoms with Crippen molar-refractivity contribution in [3.63, 3.8) is 0 Å². The molecule has 0 amide bonds. The van der Waals surface area contributed by atoms with Gasteiger partial charge in [-0.15, -0.1) is 0 Å². The Kier molecular flexibility index (Phi) is 4.60. The van der Waals surface area contributed by atoms with E-state index in [-0.39, 0.29) is 0 Å². The second-order valence-electron chi connectivity index (χ2n) is 3.58. The van der Waals surface area contributed by atoms with Gasteiger partial charge in [0.05, 0.1) is 13.5 Å². The first-order chi connectivity index (χ1) is 9.22. The molecule has 0 aromatic carbocycles. The second-order valence-corrected chi connectivity index (χ2v) is 3.58. The molecule has 0 saturated carbocycles. The van der Waals surface area contributed by atoms with E-state index in [0.29, 0.717) is 6.20 Å². The molecule has 1 aromatic rings. The zero-order valence-corrected chi connectivity index (χ0v) is 9.96. The van der Waals surface area contributed by atoms with Crippen LogP contribution < -0.4 is 0 Å². The highest BCUT2D eigenvalue weighted by atomic mass is 19.4. The third kappa shape index (κ3) is 3.20. The molecule has 0 atom stereocenters. The molecule has 20 heavy (non-hydrogen) atoms.